The summed E-state index contributed by atoms with van der Waals surface area (Å²) in [5.74, 6) is -0.877. The lowest BCUT2D eigenvalue weighted by Gasteiger charge is -2.30. The number of aromatic nitrogens is 1. The number of carboxylic acids is 1. The topological polar surface area (TPSA) is 74.2 Å². The van der Waals surface area contributed by atoms with Crippen molar-refractivity contribution in [2.75, 3.05) is 5.32 Å². The van der Waals surface area contributed by atoms with Gasteiger partial charge < -0.3 is 15.7 Å². The molecule has 0 atom stereocenters. The summed E-state index contributed by atoms with van der Waals surface area (Å²) in [5.41, 5.74) is 2.55. The first-order valence-corrected chi connectivity index (χ1v) is 9.84. The zero-order chi connectivity index (χ0) is 19.3. The van der Waals surface area contributed by atoms with Crippen molar-refractivity contribution >= 4 is 22.4 Å². The Morgan fingerprint density at radius 3 is 2.64 bits per heavy atom. The fourth-order valence-electron chi connectivity index (χ4n) is 3.99. The second kappa shape index (κ2) is 8.40. The molecule has 1 saturated carbocycles. The monoisotopic (exact) mass is 375 g/mol. The highest BCUT2D eigenvalue weighted by molar-refractivity contribution is 5.93. The van der Waals surface area contributed by atoms with Gasteiger partial charge in [0.15, 0.2) is 0 Å². The molecule has 5 nitrogen and oxygen atoms in total. The van der Waals surface area contributed by atoms with Gasteiger partial charge in [-0.15, -0.1) is 0 Å². The number of anilines is 1. The molecule has 4 rings (SSSR count). The molecule has 144 valence electrons. The lowest BCUT2D eigenvalue weighted by atomic mass is 9.90. The van der Waals surface area contributed by atoms with Crippen LogP contribution in [0.4, 0.5) is 5.69 Å². The van der Waals surface area contributed by atoms with Crippen LogP contribution in [0.3, 0.4) is 0 Å². The summed E-state index contributed by atoms with van der Waals surface area (Å²) in [4.78, 5) is 15.3. The van der Waals surface area contributed by atoms with Crippen molar-refractivity contribution in [1.29, 1.82) is 0 Å². The number of carboxylic acid groups (broad SMARTS) is 1. The fraction of sp³-hybridized carbons (Fsp3) is 0.304. The first-order chi connectivity index (χ1) is 13.7. The van der Waals surface area contributed by atoms with Crippen molar-refractivity contribution in [3.8, 4) is 0 Å². The Bertz CT molecular complexity index is 959. The number of hydrogen-bond acceptors (Lipinski definition) is 4. The van der Waals surface area contributed by atoms with Crippen molar-refractivity contribution in [3.05, 3.63) is 72.1 Å². The summed E-state index contributed by atoms with van der Waals surface area (Å²) in [6.45, 7) is 0.709. The molecule has 28 heavy (non-hydrogen) atoms. The summed E-state index contributed by atoms with van der Waals surface area (Å²) in [7, 11) is 0. The number of aromatic carboxylic acids is 1. The van der Waals surface area contributed by atoms with Gasteiger partial charge in [-0.1, -0.05) is 24.3 Å². The minimum absolute atomic E-state index is 0.345. The number of hydrogen-bond donors (Lipinski definition) is 3. The van der Waals surface area contributed by atoms with Crippen molar-refractivity contribution in [2.24, 2.45) is 0 Å². The predicted molar refractivity (Wildman–Crippen MR) is 112 cm³/mol. The minimum Gasteiger partial charge on any atom is -0.478 e. The van der Waals surface area contributed by atoms with Crippen LogP contribution < -0.4 is 10.6 Å². The molecule has 0 radical (unpaired) electrons. The smallest absolute Gasteiger partial charge is 0.335 e. The molecular weight excluding hydrogens is 350 g/mol. The van der Waals surface area contributed by atoms with E-state index in [2.05, 4.69) is 39.9 Å². The van der Waals surface area contributed by atoms with E-state index < -0.39 is 5.97 Å². The van der Waals surface area contributed by atoms with Gasteiger partial charge in [0.2, 0.25) is 0 Å². The first-order valence-electron chi connectivity index (χ1n) is 9.84. The summed E-state index contributed by atoms with van der Waals surface area (Å²) < 4.78 is 0. The predicted octanol–water partition coefficient (Wildman–Crippen LogP) is 4.45. The van der Waals surface area contributed by atoms with Crippen LogP contribution in [0.25, 0.3) is 10.8 Å². The molecule has 0 spiro atoms. The zero-order valence-corrected chi connectivity index (χ0v) is 15.8. The molecule has 0 unspecified atom stereocenters. The van der Waals surface area contributed by atoms with Crippen molar-refractivity contribution in [1.82, 2.24) is 10.3 Å². The highest BCUT2D eigenvalue weighted by atomic mass is 16.4. The van der Waals surface area contributed by atoms with E-state index in [-0.39, 0.29) is 0 Å². The Morgan fingerprint density at radius 2 is 1.82 bits per heavy atom. The van der Waals surface area contributed by atoms with Crippen LogP contribution in [0.5, 0.6) is 0 Å². The SMILES string of the molecule is O=C(O)c1cccc(CNC2CCC(Nc3cccc4cnccc34)CC2)c1. The number of nitrogens with zero attached hydrogens (tertiary/aromatic N) is 1. The van der Waals surface area contributed by atoms with Gasteiger partial charge in [-0.05, 0) is 55.5 Å². The first kappa shape index (κ1) is 18.4. The van der Waals surface area contributed by atoms with E-state index in [4.69, 9.17) is 5.11 Å². The molecule has 3 N–H and O–H groups in total. The molecular formula is C23H25N3O2. The quantitative estimate of drug-likeness (QED) is 0.594. The molecule has 1 aromatic heterocycles. The van der Waals surface area contributed by atoms with E-state index in [1.54, 1.807) is 18.2 Å². The maximum atomic E-state index is 11.1. The van der Waals surface area contributed by atoms with Crippen LogP contribution in [-0.2, 0) is 6.54 Å². The summed E-state index contributed by atoms with van der Waals surface area (Å²) in [6, 6.07) is 16.5. The Hall–Kier alpha value is -2.92. The van der Waals surface area contributed by atoms with Gasteiger partial charge in [-0.2, -0.15) is 0 Å². The van der Waals surface area contributed by atoms with E-state index in [1.165, 1.54) is 11.1 Å². The number of benzene rings is 2. The van der Waals surface area contributed by atoms with Gasteiger partial charge in [0.1, 0.15) is 0 Å². The Morgan fingerprint density at radius 1 is 1.04 bits per heavy atom. The zero-order valence-electron chi connectivity index (χ0n) is 15.8. The lowest BCUT2D eigenvalue weighted by molar-refractivity contribution is 0.0696. The van der Waals surface area contributed by atoms with Crippen LogP contribution in [0, 0.1) is 0 Å². The number of nitrogens with one attached hydrogen (secondary N) is 2. The Kier molecular flexibility index (Phi) is 5.53. The number of rotatable bonds is 6. The highest BCUT2D eigenvalue weighted by Gasteiger charge is 2.21. The number of pyridine rings is 1. The van der Waals surface area contributed by atoms with E-state index in [1.807, 2.05) is 18.5 Å². The van der Waals surface area contributed by atoms with Crippen molar-refractivity contribution < 1.29 is 9.90 Å². The fourth-order valence-corrected chi connectivity index (χ4v) is 3.99. The third-order valence-corrected chi connectivity index (χ3v) is 5.54. The number of fused-ring (bicyclic) bond motifs is 1. The van der Waals surface area contributed by atoms with Gasteiger partial charge in [0.05, 0.1) is 5.56 Å². The van der Waals surface area contributed by atoms with E-state index in [0.717, 1.165) is 36.6 Å². The van der Waals surface area contributed by atoms with Gasteiger partial charge in [-0.25, -0.2) is 4.79 Å². The van der Waals surface area contributed by atoms with Crippen LogP contribution >= 0.6 is 0 Å². The molecule has 1 fully saturated rings. The summed E-state index contributed by atoms with van der Waals surface area (Å²) in [6.07, 6.45) is 8.21. The van der Waals surface area contributed by atoms with Crippen molar-refractivity contribution in [3.63, 3.8) is 0 Å². The number of carbonyl (C=O) groups is 1. The van der Waals surface area contributed by atoms with E-state index in [0.29, 0.717) is 24.2 Å². The molecule has 0 bridgehead atoms. The van der Waals surface area contributed by atoms with Crippen molar-refractivity contribution in [2.45, 2.75) is 44.3 Å². The molecule has 5 heteroatoms. The normalized spacial score (nSPS) is 19.4. The third-order valence-electron chi connectivity index (χ3n) is 5.54. The summed E-state index contributed by atoms with van der Waals surface area (Å²) in [5, 5.41) is 18.8. The molecule has 0 saturated heterocycles. The van der Waals surface area contributed by atoms with Crippen LogP contribution in [0.15, 0.2) is 60.9 Å². The van der Waals surface area contributed by atoms with Gasteiger partial charge in [0.25, 0.3) is 0 Å². The molecule has 0 aliphatic heterocycles. The largest absolute Gasteiger partial charge is 0.478 e. The molecule has 1 aliphatic carbocycles. The summed E-state index contributed by atoms with van der Waals surface area (Å²) >= 11 is 0. The van der Waals surface area contributed by atoms with E-state index >= 15 is 0 Å². The standard InChI is InChI=1S/C23H25N3O2/c27-23(28)17-4-1-3-16(13-17)14-25-19-7-9-20(10-8-19)26-22-6-2-5-18-15-24-12-11-21(18)22/h1-6,11-13,15,19-20,25-26H,7-10,14H2,(H,27,28). The molecule has 1 aliphatic rings. The maximum Gasteiger partial charge on any atom is 0.335 e. The molecule has 3 aromatic rings. The molecule has 2 aromatic carbocycles. The second-order valence-corrected chi connectivity index (χ2v) is 7.48. The Labute approximate surface area is 164 Å². The van der Waals surface area contributed by atoms with Gasteiger partial charge in [0, 0.05) is 47.5 Å². The second-order valence-electron chi connectivity index (χ2n) is 7.48. The molecule has 1 heterocycles. The molecule has 0 amide bonds. The highest BCUT2D eigenvalue weighted by Crippen LogP contribution is 2.27. The average Bonchev–Trinajstić information content (AvgIpc) is 2.74. The van der Waals surface area contributed by atoms with Gasteiger partial charge in [-0.3, -0.25) is 4.98 Å². The van der Waals surface area contributed by atoms with Crippen LogP contribution in [0.1, 0.15) is 41.6 Å². The Balaban J connectivity index is 1.30. The van der Waals surface area contributed by atoms with E-state index in [9.17, 15) is 4.79 Å². The minimum atomic E-state index is -0.877. The van der Waals surface area contributed by atoms with Crippen LogP contribution in [0.2, 0.25) is 0 Å². The maximum absolute atomic E-state index is 11.1. The third kappa shape index (κ3) is 4.31. The van der Waals surface area contributed by atoms with Crippen LogP contribution in [-0.4, -0.2) is 28.1 Å². The van der Waals surface area contributed by atoms with Gasteiger partial charge >= 0.3 is 5.97 Å². The lowest BCUT2D eigenvalue weighted by Crippen LogP contribution is -2.36. The average molecular weight is 375 g/mol.